The van der Waals surface area contributed by atoms with E-state index in [1.165, 1.54) is 44.9 Å². The molecule has 2 aliphatic carbocycles. The van der Waals surface area contributed by atoms with Crippen LogP contribution in [-0.4, -0.2) is 50.9 Å². The summed E-state index contributed by atoms with van der Waals surface area (Å²) in [6.07, 6.45) is 10.2. The molecule has 2 aliphatic heterocycles. The van der Waals surface area contributed by atoms with E-state index in [1.807, 2.05) is 0 Å². The number of aromatic nitrogens is 4. The second-order valence-electron chi connectivity index (χ2n) is 12.0. The molecule has 3 atom stereocenters. The molecule has 6 rings (SSSR count). The fraction of sp³-hybridized carbons (Fsp3) is 0.778. The number of nitrogens with one attached hydrogen (secondary N) is 3. The third kappa shape index (κ3) is 5.01. The van der Waals surface area contributed by atoms with E-state index < -0.39 is 12.3 Å². The van der Waals surface area contributed by atoms with Crippen molar-refractivity contribution in [3.8, 4) is 0 Å². The fourth-order valence-electron chi connectivity index (χ4n) is 6.54. The number of halogens is 1. The molecule has 11 heteroatoms. The molecule has 4 aliphatic rings. The molecule has 0 bridgehead atoms. The molecule has 38 heavy (non-hydrogen) atoms. The minimum Gasteiger partial charge on any atom is -0.365 e. The number of hydroxylamine groups is 1. The van der Waals surface area contributed by atoms with Crippen molar-refractivity contribution in [3.05, 3.63) is 5.82 Å². The summed E-state index contributed by atoms with van der Waals surface area (Å²) in [5.41, 5.74) is 4.13. The Kier molecular flexibility index (Phi) is 7.29. The number of nitrogens with zero attached hydrogens (tertiary/aromatic N) is 5. The topological polar surface area (TPSA) is 109 Å². The van der Waals surface area contributed by atoms with Crippen LogP contribution in [0.5, 0.6) is 0 Å². The number of rotatable bonds is 8. The predicted molar refractivity (Wildman–Crippen MR) is 143 cm³/mol. The number of amides is 1. The molecule has 2 aromatic heterocycles. The number of anilines is 2. The van der Waals surface area contributed by atoms with Gasteiger partial charge in [0, 0.05) is 19.1 Å². The van der Waals surface area contributed by atoms with Crippen molar-refractivity contribution in [1.29, 1.82) is 0 Å². The SMILES string of the molecule is CC1CCC(Cn2c(N3CCCCC3CF)nc3nc(C4NOC(=O)N4)nc(N[C@H](C)C4CCC4)c32)CC1. The number of piperidine rings is 1. The van der Waals surface area contributed by atoms with E-state index in [1.54, 1.807) is 0 Å². The summed E-state index contributed by atoms with van der Waals surface area (Å²) in [5, 5.41) is 6.41. The summed E-state index contributed by atoms with van der Waals surface area (Å²) in [7, 11) is 0. The first kappa shape index (κ1) is 25.6. The first-order valence-electron chi connectivity index (χ1n) is 14.6. The number of hydrogen-bond acceptors (Lipinski definition) is 8. The Hall–Kier alpha value is -2.69. The standard InChI is InChI=1S/C27H41FN8O2/c1-16-9-11-18(12-10-16)15-36-21-22(29-17(2)19-6-5-7-19)30-24(25-33-27(37)38-34-25)31-23(21)32-26(36)35-13-4-3-8-20(35)14-28/h16-20,25,34H,3-15H2,1-2H3,(H,33,37)(H,29,30,31)/t16?,17-,18?,20?,25?/m1/s1. The number of fused-ring (bicyclic) bond motifs is 1. The number of hydrogen-bond donors (Lipinski definition) is 3. The van der Waals surface area contributed by atoms with Crippen LogP contribution in [-0.2, 0) is 11.4 Å². The largest absolute Gasteiger partial charge is 0.427 e. The predicted octanol–water partition coefficient (Wildman–Crippen LogP) is 4.82. The van der Waals surface area contributed by atoms with Crippen LogP contribution in [0.4, 0.5) is 21.0 Å². The summed E-state index contributed by atoms with van der Waals surface area (Å²) in [5.74, 6) is 3.83. The van der Waals surface area contributed by atoms with Crippen molar-refractivity contribution in [2.75, 3.05) is 23.4 Å². The molecule has 2 unspecified atom stereocenters. The Morgan fingerprint density at radius 1 is 1.08 bits per heavy atom. The molecule has 2 saturated heterocycles. The van der Waals surface area contributed by atoms with E-state index in [2.05, 4.69) is 39.4 Å². The van der Waals surface area contributed by atoms with E-state index in [-0.39, 0.29) is 18.8 Å². The zero-order valence-electron chi connectivity index (χ0n) is 22.6. The lowest BCUT2D eigenvalue weighted by molar-refractivity contribution is 0.120. The molecule has 0 radical (unpaired) electrons. The number of carbonyl (C=O) groups excluding carboxylic acids is 1. The van der Waals surface area contributed by atoms with Crippen molar-refractivity contribution in [1.82, 2.24) is 30.3 Å². The van der Waals surface area contributed by atoms with Crippen LogP contribution >= 0.6 is 0 Å². The maximum atomic E-state index is 14.2. The van der Waals surface area contributed by atoms with E-state index in [0.29, 0.717) is 23.3 Å². The quantitative estimate of drug-likeness (QED) is 0.447. The zero-order chi connectivity index (χ0) is 26.2. The highest BCUT2D eigenvalue weighted by molar-refractivity contribution is 5.86. The van der Waals surface area contributed by atoms with Gasteiger partial charge in [-0.05, 0) is 69.6 Å². The summed E-state index contributed by atoms with van der Waals surface area (Å²) in [4.78, 5) is 33.6. The minimum absolute atomic E-state index is 0.174. The van der Waals surface area contributed by atoms with Crippen LogP contribution in [0.2, 0.25) is 0 Å². The van der Waals surface area contributed by atoms with Crippen LogP contribution < -0.4 is 21.0 Å². The Morgan fingerprint density at radius 3 is 2.58 bits per heavy atom. The van der Waals surface area contributed by atoms with Gasteiger partial charge in [0.15, 0.2) is 23.5 Å². The van der Waals surface area contributed by atoms with Gasteiger partial charge in [0.1, 0.15) is 12.2 Å². The van der Waals surface area contributed by atoms with Crippen LogP contribution in [0.3, 0.4) is 0 Å². The van der Waals surface area contributed by atoms with Gasteiger partial charge in [-0.2, -0.15) is 4.98 Å². The molecule has 3 N–H and O–H groups in total. The average Bonchev–Trinajstić information content (AvgIpc) is 3.48. The number of imidazole rings is 1. The van der Waals surface area contributed by atoms with Gasteiger partial charge in [-0.25, -0.2) is 19.2 Å². The number of alkyl halides is 1. The summed E-state index contributed by atoms with van der Waals surface area (Å²) in [6, 6.07) is 0.0700. The van der Waals surface area contributed by atoms with Gasteiger partial charge in [0.25, 0.3) is 0 Å². The monoisotopic (exact) mass is 528 g/mol. The average molecular weight is 529 g/mol. The van der Waals surface area contributed by atoms with Crippen LogP contribution in [0.1, 0.15) is 90.0 Å². The van der Waals surface area contributed by atoms with E-state index in [4.69, 9.17) is 19.8 Å². The lowest BCUT2D eigenvalue weighted by Crippen LogP contribution is -2.42. The van der Waals surface area contributed by atoms with Gasteiger partial charge in [0.05, 0.1) is 6.04 Å². The Balaban J connectivity index is 1.45. The third-order valence-electron chi connectivity index (χ3n) is 9.25. The molecule has 1 amide bonds. The zero-order valence-corrected chi connectivity index (χ0v) is 22.6. The highest BCUT2D eigenvalue weighted by Gasteiger charge is 2.34. The second-order valence-corrected chi connectivity index (χ2v) is 12.0. The van der Waals surface area contributed by atoms with Gasteiger partial charge < -0.3 is 19.6 Å². The van der Waals surface area contributed by atoms with Gasteiger partial charge in [0.2, 0.25) is 5.95 Å². The molecule has 0 aromatic carbocycles. The summed E-state index contributed by atoms with van der Waals surface area (Å²) < 4.78 is 16.5. The fourth-order valence-corrected chi connectivity index (χ4v) is 6.54. The van der Waals surface area contributed by atoms with Gasteiger partial charge in [-0.15, -0.1) is 5.48 Å². The van der Waals surface area contributed by atoms with E-state index in [9.17, 15) is 9.18 Å². The second kappa shape index (κ2) is 10.8. The smallest absolute Gasteiger partial charge is 0.365 e. The molecular weight excluding hydrogens is 487 g/mol. The Morgan fingerprint density at radius 2 is 1.89 bits per heavy atom. The van der Waals surface area contributed by atoms with Crippen molar-refractivity contribution in [2.45, 2.75) is 103 Å². The van der Waals surface area contributed by atoms with Gasteiger partial charge in [-0.1, -0.05) is 26.2 Å². The molecule has 4 fully saturated rings. The van der Waals surface area contributed by atoms with Crippen molar-refractivity contribution < 1.29 is 14.0 Å². The Bertz CT molecular complexity index is 1150. The highest BCUT2D eigenvalue weighted by atomic mass is 19.1. The normalized spacial score (nSPS) is 29.1. The summed E-state index contributed by atoms with van der Waals surface area (Å²) in [6.45, 7) is 5.77. The molecule has 208 valence electrons. The molecular formula is C27H41FN8O2. The maximum Gasteiger partial charge on any atom is 0.427 e. The molecule has 2 aromatic rings. The molecule has 4 heterocycles. The Labute approximate surface area is 223 Å². The number of carbonyl (C=O) groups is 1. The maximum absolute atomic E-state index is 14.2. The van der Waals surface area contributed by atoms with Crippen LogP contribution in [0.15, 0.2) is 0 Å². The molecule has 10 nitrogen and oxygen atoms in total. The van der Waals surface area contributed by atoms with Crippen molar-refractivity contribution in [3.63, 3.8) is 0 Å². The van der Waals surface area contributed by atoms with Crippen LogP contribution in [0.25, 0.3) is 11.2 Å². The first-order valence-corrected chi connectivity index (χ1v) is 14.6. The van der Waals surface area contributed by atoms with Gasteiger partial charge >= 0.3 is 6.09 Å². The van der Waals surface area contributed by atoms with Crippen LogP contribution in [0, 0.1) is 17.8 Å². The summed E-state index contributed by atoms with van der Waals surface area (Å²) >= 11 is 0. The van der Waals surface area contributed by atoms with E-state index in [0.717, 1.165) is 55.6 Å². The van der Waals surface area contributed by atoms with Gasteiger partial charge in [-0.3, -0.25) is 5.32 Å². The molecule has 2 saturated carbocycles. The molecule has 0 spiro atoms. The highest BCUT2D eigenvalue weighted by Crippen LogP contribution is 2.37. The van der Waals surface area contributed by atoms with Crippen molar-refractivity contribution >= 4 is 29.0 Å². The lowest BCUT2D eigenvalue weighted by Gasteiger charge is -2.36. The third-order valence-corrected chi connectivity index (χ3v) is 9.25. The first-order chi connectivity index (χ1) is 18.5. The minimum atomic E-state index is -0.659. The lowest BCUT2D eigenvalue weighted by atomic mass is 9.80. The van der Waals surface area contributed by atoms with Crippen molar-refractivity contribution in [2.24, 2.45) is 17.8 Å². The van der Waals surface area contributed by atoms with E-state index >= 15 is 0 Å².